The summed E-state index contributed by atoms with van der Waals surface area (Å²) >= 11 is 5.96. The molecule has 4 N–H and O–H groups in total. The van der Waals surface area contributed by atoms with Crippen LogP contribution in [-0.2, 0) is 6.54 Å². The number of H-pyrrole nitrogens is 1. The summed E-state index contributed by atoms with van der Waals surface area (Å²) < 4.78 is 1.70. The van der Waals surface area contributed by atoms with Gasteiger partial charge in [0.25, 0.3) is 0 Å². The fourth-order valence-electron chi connectivity index (χ4n) is 3.16. The third-order valence-electron chi connectivity index (χ3n) is 4.85. The second-order valence-electron chi connectivity index (χ2n) is 7.28. The Morgan fingerprint density at radius 2 is 2.03 bits per heavy atom. The molecule has 0 saturated heterocycles. The largest absolute Gasteiger partial charge is 0.494 e. The Kier molecular flexibility index (Phi) is 4.55. The first-order chi connectivity index (χ1) is 14.5. The number of nitrogens with one attached hydrogen (secondary N) is 2. The van der Waals surface area contributed by atoms with E-state index < -0.39 is 0 Å². The number of aromatic hydroxyl groups is 2. The molecule has 1 aliphatic rings. The Morgan fingerprint density at radius 1 is 1.23 bits per heavy atom. The number of halogens is 1. The van der Waals surface area contributed by atoms with Crippen LogP contribution in [0.25, 0.3) is 11.7 Å². The highest BCUT2D eigenvalue weighted by Gasteiger charge is 2.20. The van der Waals surface area contributed by atoms with Crippen molar-refractivity contribution in [2.24, 2.45) is 4.99 Å². The van der Waals surface area contributed by atoms with Gasteiger partial charge in [-0.15, -0.1) is 0 Å². The Hall–Kier alpha value is -3.52. The van der Waals surface area contributed by atoms with Gasteiger partial charge in [-0.05, 0) is 36.6 Å². The summed E-state index contributed by atoms with van der Waals surface area (Å²) in [4.78, 5) is 11.9. The van der Waals surface area contributed by atoms with Crippen molar-refractivity contribution in [3.05, 3.63) is 69.5 Å². The number of benzene rings is 1. The van der Waals surface area contributed by atoms with Gasteiger partial charge in [-0.3, -0.25) is 9.98 Å². The van der Waals surface area contributed by atoms with Crippen LogP contribution >= 0.6 is 11.6 Å². The van der Waals surface area contributed by atoms with Gasteiger partial charge in [0, 0.05) is 34.5 Å². The maximum Gasteiger partial charge on any atom is 0.198 e. The van der Waals surface area contributed by atoms with E-state index in [1.54, 1.807) is 16.8 Å². The third kappa shape index (κ3) is 3.81. The highest BCUT2D eigenvalue weighted by Crippen LogP contribution is 2.23. The van der Waals surface area contributed by atoms with Gasteiger partial charge in [-0.25, -0.2) is 4.98 Å². The zero-order chi connectivity index (χ0) is 20.7. The molecule has 0 amide bonds. The predicted molar refractivity (Wildman–Crippen MR) is 113 cm³/mol. The summed E-state index contributed by atoms with van der Waals surface area (Å²) in [5, 5.41) is 28.7. The lowest BCUT2D eigenvalue weighted by atomic mass is 10.2. The predicted octanol–water partition coefficient (Wildman–Crippen LogP) is 2.34. The molecule has 1 saturated carbocycles. The number of fused-ring (bicyclic) bond motifs is 1. The molecule has 0 aliphatic heterocycles. The highest BCUT2D eigenvalue weighted by molar-refractivity contribution is 6.30. The number of nitrogens with zero attached hydrogens (tertiary/aromatic N) is 4. The van der Waals surface area contributed by atoms with Gasteiger partial charge in [0.15, 0.2) is 22.9 Å². The van der Waals surface area contributed by atoms with Crippen molar-refractivity contribution in [2.75, 3.05) is 5.32 Å². The van der Waals surface area contributed by atoms with Crippen molar-refractivity contribution < 1.29 is 10.2 Å². The minimum atomic E-state index is -0.119. The van der Waals surface area contributed by atoms with Crippen molar-refractivity contribution in [3.63, 3.8) is 0 Å². The van der Waals surface area contributed by atoms with Gasteiger partial charge in [-0.1, -0.05) is 23.7 Å². The lowest BCUT2D eigenvalue weighted by Crippen LogP contribution is -2.20. The molecule has 0 unspecified atom stereocenters. The molecule has 4 aromatic rings. The van der Waals surface area contributed by atoms with Crippen molar-refractivity contribution in [2.45, 2.75) is 25.4 Å². The Balaban J connectivity index is 1.57. The van der Waals surface area contributed by atoms with E-state index in [0.29, 0.717) is 39.9 Å². The standard InChI is InChI=1S/C21H19ClN6O2/c22-15-3-1-12(2-4-15)10-23-17-9-18(25-16-5-6-16)28-20(26-17)14(11-24-28)7-13-8-19(29)27-21(13)30/h1-4,7-9,11,16,23,27,29-30H,5-6,10H2. The topological polar surface area (TPSA) is 111 Å². The van der Waals surface area contributed by atoms with Crippen LogP contribution in [0.4, 0.5) is 5.82 Å². The summed E-state index contributed by atoms with van der Waals surface area (Å²) in [6, 6.07) is 11.3. The van der Waals surface area contributed by atoms with Gasteiger partial charge in [-0.2, -0.15) is 9.61 Å². The minimum absolute atomic E-state index is 0.113. The highest BCUT2D eigenvalue weighted by atomic mass is 35.5. The van der Waals surface area contributed by atoms with E-state index in [9.17, 15) is 10.2 Å². The van der Waals surface area contributed by atoms with Crippen LogP contribution in [0, 0.1) is 0 Å². The van der Waals surface area contributed by atoms with Crippen LogP contribution in [0.3, 0.4) is 0 Å². The van der Waals surface area contributed by atoms with Crippen LogP contribution in [0.1, 0.15) is 24.0 Å². The monoisotopic (exact) mass is 422 g/mol. The molecule has 30 heavy (non-hydrogen) atoms. The van der Waals surface area contributed by atoms with Gasteiger partial charge in [0.05, 0.1) is 12.2 Å². The SMILES string of the molecule is Oc1cc(C=c2cnn3c(=NC4CC4)cc(NCc4ccc(Cl)cc4)nc23)c(O)[nH]1. The molecule has 1 aliphatic carbocycles. The quantitative estimate of drug-likeness (QED) is 0.394. The molecule has 5 rings (SSSR count). The van der Waals surface area contributed by atoms with Crippen LogP contribution in [0.5, 0.6) is 11.8 Å². The Morgan fingerprint density at radius 3 is 2.73 bits per heavy atom. The number of rotatable bonds is 5. The van der Waals surface area contributed by atoms with Gasteiger partial charge in [0.2, 0.25) is 0 Å². The summed E-state index contributed by atoms with van der Waals surface area (Å²) in [6.45, 7) is 0.586. The summed E-state index contributed by atoms with van der Waals surface area (Å²) in [5.74, 6) is 0.442. The zero-order valence-corrected chi connectivity index (χ0v) is 16.6. The molecule has 1 aromatic carbocycles. The third-order valence-corrected chi connectivity index (χ3v) is 5.10. The Labute approximate surface area is 176 Å². The van der Waals surface area contributed by atoms with Crippen molar-refractivity contribution >= 4 is 29.1 Å². The van der Waals surface area contributed by atoms with Crippen molar-refractivity contribution in [1.82, 2.24) is 19.6 Å². The Bertz CT molecular complexity index is 1340. The van der Waals surface area contributed by atoms with E-state index in [-0.39, 0.29) is 11.8 Å². The molecule has 0 spiro atoms. The summed E-state index contributed by atoms with van der Waals surface area (Å²) in [5.41, 5.74) is 2.86. The molecular weight excluding hydrogens is 404 g/mol. The lowest BCUT2D eigenvalue weighted by molar-refractivity contribution is 0.425. The molecule has 0 bridgehead atoms. The van der Waals surface area contributed by atoms with Gasteiger partial charge in [0.1, 0.15) is 5.82 Å². The molecule has 9 heteroatoms. The zero-order valence-electron chi connectivity index (χ0n) is 15.9. The van der Waals surface area contributed by atoms with Crippen LogP contribution in [0.15, 0.2) is 47.6 Å². The van der Waals surface area contributed by atoms with Crippen LogP contribution in [0.2, 0.25) is 5.02 Å². The van der Waals surface area contributed by atoms with Crippen LogP contribution in [-0.4, -0.2) is 35.8 Å². The van der Waals surface area contributed by atoms with E-state index in [1.807, 2.05) is 30.3 Å². The van der Waals surface area contributed by atoms with E-state index in [0.717, 1.165) is 23.9 Å². The van der Waals surface area contributed by atoms with E-state index in [2.05, 4.69) is 15.4 Å². The van der Waals surface area contributed by atoms with Gasteiger partial charge >= 0.3 is 0 Å². The van der Waals surface area contributed by atoms with E-state index >= 15 is 0 Å². The smallest absolute Gasteiger partial charge is 0.198 e. The van der Waals surface area contributed by atoms with Crippen molar-refractivity contribution in [1.29, 1.82) is 0 Å². The fraction of sp³-hybridized carbons (Fsp3) is 0.190. The van der Waals surface area contributed by atoms with E-state index in [1.165, 1.54) is 6.07 Å². The van der Waals surface area contributed by atoms with Crippen molar-refractivity contribution in [3.8, 4) is 11.8 Å². The lowest BCUT2D eigenvalue weighted by Gasteiger charge is -2.07. The second-order valence-corrected chi connectivity index (χ2v) is 7.71. The summed E-state index contributed by atoms with van der Waals surface area (Å²) in [6.07, 6.45) is 5.54. The normalized spacial score (nSPS) is 15.2. The first-order valence-electron chi connectivity index (χ1n) is 9.59. The van der Waals surface area contributed by atoms with Crippen LogP contribution < -0.4 is 16.0 Å². The van der Waals surface area contributed by atoms with Gasteiger partial charge < -0.3 is 15.5 Å². The first kappa shape index (κ1) is 18.5. The molecule has 152 valence electrons. The molecule has 1 fully saturated rings. The first-order valence-corrected chi connectivity index (χ1v) is 9.96. The molecule has 0 radical (unpaired) electrons. The number of aromatic amines is 1. The van der Waals surface area contributed by atoms with E-state index in [4.69, 9.17) is 21.6 Å². The molecule has 8 nitrogen and oxygen atoms in total. The summed E-state index contributed by atoms with van der Waals surface area (Å²) in [7, 11) is 0. The average molecular weight is 423 g/mol. The number of aromatic nitrogens is 4. The number of hydrogen-bond donors (Lipinski definition) is 4. The average Bonchev–Trinajstić information content (AvgIpc) is 3.36. The molecule has 3 heterocycles. The minimum Gasteiger partial charge on any atom is -0.494 e. The fourth-order valence-corrected chi connectivity index (χ4v) is 3.28. The number of hydrogen-bond acceptors (Lipinski definition) is 6. The molecule has 3 aromatic heterocycles. The molecule has 0 atom stereocenters. The second kappa shape index (κ2) is 7.38. The maximum atomic E-state index is 9.93. The number of anilines is 1. The molecular formula is C21H19ClN6O2. The maximum absolute atomic E-state index is 9.93.